The minimum absolute atomic E-state index is 0.222. The van der Waals surface area contributed by atoms with E-state index in [1.165, 1.54) is 0 Å². The highest BCUT2D eigenvalue weighted by atomic mass is 16.5. The molecule has 1 fully saturated rings. The maximum atomic E-state index is 12.0. The minimum Gasteiger partial charge on any atom is -0.480 e. The molecule has 0 aromatic carbocycles. The second kappa shape index (κ2) is 7.99. The van der Waals surface area contributed by atoms with E-state index >= 15 is 0 Å². The van der Waals surface area contributed by atoms with Crippen molar-refractivity contribution in [2.75, 3.05) is 19.7 Å². The second-order valence-corrected chi connectivity index (χ2v) is 4.77. The number of aliphatic carboxylic acids is 1. The summed E-state index contributed by atoms with van der Waals surface area (Å²) in [6, 6.07) is -1.07. The Kier molecular flexibility index (Phi) is 6.62. The van der Waals surface area contributed by atoms with Crippen molar-refractivity contribution in [3.8, 4) is 0 Å². The fraction of sp³-hybridized carbons (Fsp3) is 0.846. The van der Waals surface area contributed by atoms with Gasteiger partial charge in [-0.05, 0) is 26.2 Å². The van der Waals surface area contributed by atoms with Crippen molar-refractivity contribution in [3.05, 3.63) is 0 Å². The Bertz CT molecular complexity index is 301. The van der Waals surface area contributed by atoms with E-state index < -0.39 is 12.0 Å². The molecule has 6 nitrogen and oxygen atoms in total. The molecule has 2 amide bonds. The number of nitrogens with one attached hydrogen (secondary N) is 1. The quantitative estimate of drug-likeness (QED) is 0.767. The summed E-state index contributed by atoms with van der Waals surface area (Å²) in [4.78, 5) is 24.6. The summed E-state index contributed by atoms with van der Waals surface area (Å²) >= 11 is 0. The number of amides is 2. The van der Waals surface area contributed by atoms with Gasteiger partial charge in [0.15, 0.2) is 0 Å². The molecule has 1 rings (SSSR count). The zero-order valence-corrected chi connectivity index (χ0v) is 11.7. The molecule has 110 valence electrons. The fourth-order valence-electron chi connectivity index (χ4n) is 2.25. The number of carboxylic acids is 1. The van der Waals surface area contributed by atoms with Crippen LogP contribution in [0, 0.1) is 0 Å². The highest BCUT2D eigenvalue weighted by molar-refractivity contribution is 5.82. The van der Waals surface area contributed by atoms with E-state index in [1.807, 2.05) is 13.8 Å². The summed E-state index contributed by atoms with van der Waals surface area (Å²) in [6.07, 6.45) is 3.03. The van der Waals surface area contributed by atoms with Crippen LogP contribution in [0.5, 0.6) is 0 Å². The first-order valence-electron chi connectivity index (χ1n) is 6.98. The van der Waals surface area contributed by atoms with Crippen LogP contribution in [0.25, 0.3) is 0 Å². The highest BCUT2D eigenvalue weighted by Gasteiger charge is 2.26. The van der Waals surface area contributed by atoms with Crippen molar-refractivity contribution in [2.45, 2.75) is 51.7 Å². The van der Waals surface area contributed by atoms with Gasteiger partial charge in [-0.1, -0.05) is 13.3 Å². The van der Waals surface area contributed by atoms with Crippen molar-refractivity contribution in [1.82, 2.24) is 10.2 Å². The molecule has 1 heterocycles. The van der Waals surface area contributed by atoms with Gasteiger partial charge < -0.3 is 20.1 Å². The van der Waals surface area contributed by atoms with Crippen LogP contribution in [0.15, 0.2) is 0 Å². The Balaban J connectivity index is 2.39. The van der Waals surface area contributed by atoms with E-state index in [2.05, 4.69) is 5.32 Å². The van der Waals surface area contributed by atoms with E-state index in [1.54, 1.807) is 4.90 Å². The number of carbonyl (C=O) groups excluding carboxylic acids is 1. The molecule has 1 saturated heterocycles. The molecule has 0 bridgehead atoms. The van der Waals surface area contributed by atoms with Crippen LogP contribution in [-0.4, -0.2) is 53.8 Å². The van der Waals surface area contributed by atoms with Gasteiger partial charge in [-0.2, -0.15) is 0 Å². The lowest BCUT2D eigenvalue weighted by Gasteiger charge is -2.32. The van der Waals surface area contributed by atoms with Gasteiger partial charge in [0, 0.05) is 19.7 Å². The van der Waals surface area contributed by atoms with Crippen LogP contribution in [0.1, 0.15) is 39.5 Å². The number of piperidine rings is 1. The van der Waals surface area contributed by atoms with Gasteiger partial charge in [0.25, 0.3) is 0 Å². The topological polar surface area (TPSA) is 78.9 Å². The minimum atomic E-state index is -0.973. The summed E-state index contributed by atoms with van der Waals surface area (Å²) in [6.45, 7) is 5.79. The van der Waals surface area contributed by atoms with Crippen molar-refractivity contribution < 1.29 is 19.4 Å². The predicted octanol–water partition coefficient (Wildman–Crippen LogP) is 1.45. The number of carbonyl (C=O) groups is 2. The van der Waals surface area contributed by atoms with E-state index in [4.69, 9.17) is 9.84 Å². The zero-order chi connectivity index (χ0) is 14.3. The zero-order valence-electron chi connectivity index (χ0n) is 11.7. The molecule has 0 aromatic heterocycles. The lowest BCUT2D eigenvalue weighted by atomic mass is 10.1. The van der Waals surface area contributed by atoms with E-state index in [0.29, 0.717) is 26.1 Å². The Morgan fingerprint density at radius 3 is 2.47 bits per heavy atom. The molecule has 0 aromatic rings. The van der Waals surface area contributed by atoms with Crippen molar-refractivity contribution in [2.24, 2.45) is 0 Å². The molecule has 0 aliphatic carbocycles. The van der Waals surface area contributed by atoms with Crippen molar-refractivity contribution in [1.29, 1.82) is 0 Å². The third-order valence-corrected chi connectivity index (χ3v) is 3.30. The Hall–Kier alpha value is -1.30. The smallest absolute Gasteiger partial charge is 0.326 e. The van der Waals surface area contributed by atoms with Gasteiger partial charge in [0.05, 0.1) is 6.10 Å². The third kappa shape index (κ3) is 5.06. The molecular weight excluding hydrogens is 248 g/mol. The molecule has 1 aliphatic heterocycles. The maximum Gasteiger partial charge on any atom is 0.326 e. The van der Waals surface area contributed by atoms with E-state index in [-0.39, 0.29) is 12.1 Å². The average molecular weight is 272 g/mol. The number of rotatable bonds is 6. The molecule has 6 heteroatoms. The van der Waals surface area contributed by atoms with Gasteiger partial charge in [-0.3, -0.25) is 0 Å². The molecule has 19 heavy (non-hydrogen) atoms. The fourth-order valence-corrected chi connectivity index (χ4v) is 2.25. The third-order valence-electron chi connectivity index (χ3n) is 3.30. The molecule has 1 atom stereocenters. The first-order chi connectivity index (χ1) is 9.08. The van der Waals surface area contributed by atoms with Gasteiger partial charge in [-0.25, -0.2) is 9.59 Å². The average Bonchev–Trinajstić information content (AvgIpc) is 2.39. The standard InChI is InChI=1S/C13H24N2O4/c1-3-5-11(12(16)17)14-13(18)15-8-6-10(7-9-15)19-4-2/h10-11H,3-9H2,1-2H3,(H,14,18)(H,16,17)/t11-/m1/s1. The molecule has 0 saturated carbocycles. The maximum absolute atomic E-state index is 12.0. The monoisotopic (exact) mass is 272 g/mol. The molecule has 2 N–H and O–H groups in total. The van der Waals surface area contributed by atoms with Gasteiger partial charge in [0.1, 0.15) is 6.04 Å². The number of nitrogens with zero attached hydrogens (tertiary/aromatic N) is 1. The number of ether oxygens (including phenoxy) is 1. The number of likely N-dealkylation sites (tertiary alicyclic amines) is 1. The number of carboxylic acid groups (broad SMARTS) is 1. The Labute approximate surface area is 114 Å². The van der Waals surface area contributed by atoms with Crippen LogP contribution in [-0.2, 0) is 9.53 Å². The van der Waals surface area contributed by atoms with E-state index in [0.717, 1.165) is 19.3 Å². The summed E-state index contributed by atoms with van der Waals surface area (Å²) in [5.74, 6) is -0.973. The van der Waals surface area contributed by atoms with Gasteiger partial charge >= 0.3 is 12.0 Å². The van der Waals surface area contributed by atoms with Crippen LogP contribution in [0.4, 0.5) is 4.79 Å². The molecular formula is C13H24N2O4. The largest absolute Gasteiger partial charge is 0.480 e. The van der Waals surface area contributed by atoms with Gasteiger partial charge in [0.2, 0.25) is 0 Å². The summed E-state index contributed by atoms with van der Waals surface area (Å²) < 4.78 is 5.52. The molecule has 0 unspecified atom stereocenters. The normalized spacial score (nSPS) is 18.1. The number of urea groups is 1. The van der Waals surface area contributed by atoms with Crippen LogP contribution in [0.3, 0.4) is 0 Å². The van der Waals surface area contributed by atoms with Crippen LogP contribution in [0.2, 0.25) is 0 Å². The first-order valence-corrected chi connectivity index (χ1v) is 6.98. The molecule has 1 aliphatic rings. The molecule has 0 radical (unpaired) electrons. The Morgan fingerprint density at radius 1 is 1.37 bits per heavy atom. The summed E-state index contributed by atoms with van der Waals surface area (Å²) in [5, 5.41) is 11.6. The second-order valence-electron chi connectivity index (χ2n) is 4.77. The number of hydrogen-bond acceptors (Lipinski definition) is 3. The predicted molar refractivity (Wildman–Crippen MR) is 71.1 cm³/mol. The SMILES string of the molecule is CCC[C@@H](NC(=O)N1CCC(OCC)CC1)C(=O)O. The van der Waals surface area contributed by atoms with Crippen molar-refractivity contribution in [3.63, 3.8) is 0 Å². The lowest BCUT2D eigenvalue weighted by molar-refractivity contribution is -0.139. The van der Waals surface area contributed by atoms with Gasteiger partial charge in [-0.15, -0.1) is 0 Å². The highest BCUT2D eigenvalue weighted by Crippen LogP contribution is 2.13. The Morgan fingerprint density at radius 2 is 2.00 bits per heavy atom. The summed E-state index contributed by atoms with van der Waals surface area (Å²) in [7, 11) is 0. The number of hydrogen-bond donors (Lipinski definition) is 2. The van der Waals surface area contributed by atoms with Crippen molar-refractivity contribution >= 4 is 12.0 Å². The van der Waals surface area contributed by atoms with E-state index in [9.17, 15) is 9.59 Å². The first kappa shape index (κ1) is 15.8. The summed E-state index contributed by atoms with van der Waals surface area (Å²) in [5.41, 5.74) is 0. The lowest BCUT2D eigenvalue weighted by Crippen LogP contribution is -2.50. The van der Waals surface area contributed by atoms with Crippen LogP contribution < -0.4 is 5.32 Å². The molecule has 0 spiro atoms. The van der Waals surface area contributed by atoms with Crippen LogP contribution >= 0.6 is 0 Å².